The van der Waals surface area contributed by atoms with Crippen molar-refractivity contribution in [2.24, 2.45) is 7.05 Å². The highest BCUT2D eigenvalue weighted by molar-refractivity contribution is 7.98. The number of nitrogens with two attached hydrogens (primary N) is 1. The van der Waals surface area contributed by atoms with E-state index in [4.69, 9.17) is 17.3 Å². The zero-order valence-electron chi connectivity index (χ0n) is 12.9. The Balaban J connectivity index is 1.64. The maximum atomic E-state index is 6.04. The molecule has 0 saturated carbocycles. The summed E-state index contributed by atoms with van der Waals surface area (Å²) >= 11 is 7.61. The number of imidazole rings is 1. The molecule has 0 fully saturated rings. The first-order valence-corrected chi connectivity index (χ1v) is 8.74. The van der Waals surface area contributed by atoms with E-state index in [9.17, 15) is 0 Å². The molecule has 4 rings (SSSR count). The van der Waals surface area contributed by atoms with Gasteiger partial charge in [0.25, 0.3) is 0 Å². The van der Waals surface area contributed by atoms with E-state index in [0.717, 1.165) is 27.1 Å². The summed E-state index contributed by atoms with van der Waals surface area (Å²) in [5.74, 6) is 1.80. The van der Waals surface area contributed by atoms with Crippen LogP contribution in [0.2, 0.25) is 5.02 Å². The van der Waals surface area contributed by atoms with E-state index < -0.39 is 0 Å². The molecule has 0 unspecified atom stereocenters. The van der Waals surface area contributed by atoms with E-state index in [1.165, 1.54) is 0 Å². The second-order valence-corrected chi connectivity index (χ2v) is 6.80. The minimum Gasteiger partial charge on any atom is -0.383 e. The summed E-state index contributed by atoms with van der Waals surface area (Å²) in [4.78, 5) is 13.6. The fourth-order valence-corrected chi connectivity index (χ4v) is 3.63. The molecule has 0 spiro atoms. The lowest BCUT2D eigenvalue weighted by Gasteiger charge is -2.05. The molecule has 7 heteroatoms. The van der Waals surface area contributed by atoms with Crippen molar-refractivity contribution in [3.63, 3.8) is 0 Å². The van der Waals surface area contributed by atoms with Gasteiger partial charge in [-0.2, -0.15) is 0 Å². The molecule has 0 saturated heterocycles. The zero-order valence-corrected chi connectivity index (χ0v) is 14.5. The predicted molar refractivity (Wildman–Crippen MR) is 99.2 cm³/mol. The second-order valence-electron chi connectivity index (χ2n) is 5.42. The van der Waals surface area contributed by atoms with Gasteiger partial charge in [0.1, 0.15) is 11.6 Å². The number of hydrogen-bond acceptors (Lipinski definition) is 5. The van der Waals surface area contributed by atoms with Crippen molar-refractivity contribution in [2.45, 2.75) is 10.9 Å². The first-order valence-electron chi connectivity index (χ1n) is 7.38. The summed E-state index contributed by atoms with van der Waals surface area (Å²) in [6.07, 6.45) is 0. The zero-order chi connectivity index (χ0) is 16.7. The van der Waals surface area contributed by atoms with Crippen LogP contribution in [-0.2, 0) is 12.8 Å². The molecule has 2 aromatic heterocycles. The SMILES string of the molecule is Cn1c(SCc2nc(N)c3ccccc3n2)nc2cc(Cl)ccc21. The molecule has 0 amide bonds. The Bertz CT molecular complexity index is 1060. The fraction of sp³-hybridized carbons (Fsp3) is 0.118. The van der Waals surface area contributed by atoms with Crippen molar-refractivity contribution in [1.29, 1.82) is 0 Å². The van der Waals surface area contributed by atoms with Gasteiger partial charge in [0, 0.05) is 17.5 Å². The van der Waals surface area contributed by atoms with Crippen LogP contribution in [0.4, 0.5) is 5.82 Å². The summed E-state index contributed by atoms with van der Waals surface area (Å²) in [5, 5.41) is 2.45. The van der Waals surface area contributed by atoms with E-state index >= 15 is 0 Å². The van der Waals surface area contributed by atoms with Crippen molar-refractivity contribution in [2.75, 3.05) is 5.73 Å². The highest BCUT2D eigenvalue weighted by atomic mass is 35.5. The van der Waals surface area contributed by atoms with Crippen LogP contribution in [-0.4, -0.2) is 19.5 Å². The van der Waals surface area contributed by atoms with Gasteiger partial charge < -0.3 is 10.3 Å². The van der Waals surface area contributed by atoms with Gasteiger partial charge in [-0.3, -0.25) is 0 Å². The van der Waals surface area contributed by atoms with Crippen molar-refractivity contribution < 1.29 is 0 Å². The van der Waals surface area contributed by atoms with Crippen LogP contribution in [0.25, 0.3) is 21.9 Å². The van der Waals surface area contributed by atoms with E-state index in [-0.39, 0.29) is 0 Å². The highest BCUT2D eigenvalue weighted by Crippen LogP contribution is 2.27. The molecule has 120 valence electrons. The summed E-state index contributed by atoms with van der Waals surface area (Å²) in [6.45, 7) is 0. The molecule has 2 N–H and O–H groups in total. The van der Waals surface area contributed by atoms with Crippen LogP contribution in [0.15, 0.2) is 47.6 Å². The van der Waals surface area contributed by atoms with Gasteiger partial charge in [0.15, 0.2) is 5.16 Å². The molecule has 4 aromatic rings. The third-order valence-electron chi connectivity index (χ3n) is 3.81. The third-order valence-corrected chi connectivity index (χ3v) is 5.07. The minimum absolute atomic E-state index is 0.507. The first-order chi connectivity index (χ1) is 11.6. The largest absolute Gasteiger partial charge is 0.383 e. The number of rotatable bonds is 3. The molecule has 2 heterocycles. The Kier molecular flexibility index (Phi) is 3.78. The predicted octanol–water partition coefficient (Wildman–Crippen LogP) is 4.04. The molecule has 2 aromatic carbocycles. The van der Waals surface area contributed by atoms with Crippen molar-refractivity contribution >= 4 is 51.1 Å². The molecule has 0 atom stereocenters. The van der Waals surface area contributed by atoms with Crippen LogP contribution >= 0.6 is 23.4 Å². The van der Waals surface area contributed by atoms with Crippen LogP contribution in [0.3, 0.4) is 0 Å². The van der Waals surface area contributed by atoms with Gasteiger partial charge >= 0.3 is 0 Å². The minimum atomic E-state index is 0.507. The molecule has 0 bridgehead atoms. The van der Waals surface area contributed by atoms with E-state index in [1.54, 1.807) is 11.8 Å². The lowest BCUT2D eigenvalue weighted by Crippen LogP contribution is -2.00. The molecule has 24 heavy (non-hydrogen) atoms. The Morgan fingerprint density at radius 1 is 1.08 bits per heavy atom. The molecule has 5 nitrogen and oxygen atoms in total. The molecule has 0 aliphatic heterocycles. The number of halogens is 1. The van der Waals surface area contributed by atoms with Crippen molar-refractivity contribution in [1.82, 2.24) is 19.5 Å². The number of aryl methyl sites for hydroxylation is 1. The van der Waals surface area contributed by atoms with Crippen molar-refractivity contribution in [3.05, 3.63) is 53.3 Å². The van der Waals surface area contributed by atoms with E-state index in [0.29, 0.717) is 22.4 Å². The lowest BCUT2D eigenvalue weighted by atomic mass is 10.2. The number of aromatic nitrogens is 4. The number of fused-ring (bicyclic) bond motifs is 2. The monoisotopic (exact) mass is 355 g/mol. The summed E-state index contributed by atoms with van der Waals surface area (Å²) < 4.78 is 2.04. The first kappa shape index (κ1) is 15.2. The average Bonchev–Trinajstić information content (AvgIpc) is 2.88. The highest BCUT2D eigenvalue weighted by Gasteiger charge is 2.11. The van der Waals surface area contributed by atoms with E-state index in [2.05, 4.69) is 15.0 Å². The van der Waals surface area contributed by atoms with Gasteiger partial charge in [-0.05, 0) is 30.3 Å². The number of anilines is 1. The molecule has 0 radical (unpaired) electrons. The number of hydrogen-bond donors (Lipinski definition) is 1. The second kappa shape index (κ2) is 5.96. The van der Waals surface area contributed by atoms with Crippen LogP contribution in [0.5, 0.6) is 0 Å². The smallest absolute Gasteiger partial charge is 0.169 e. The quantitative estimate of drug-likeness (QED) is 0.561. The lowest BCUT2D eigenvalue weighted by molar-refractivity contribution is 0.814. The normalized spacial score (nSPS) is 11.4. The topological polar surface area (TPSA) is 69.6 Å². The number of benzene rings is 2. The summed E-state index contributed by atoms with van der Waals surface area (Å²) in [7, 11) is 1.99. The maximum Gasteiger partial charge on any atom is 0.169 e. The Morgan fingerprint density at radius 2 is 1.92 bits per heavy atom. The molecule has 0 aliphatic rings. The van der Waals surface area contributed by atoms with Crippen LogP contribution in [0.1, 0.15) is 5.82 Å². The Hall–Kier alpha value is -2.31. The van der Waals surface area contributed by atoms with Gasteiger partial charge in [0.2, 0.25) is 0 Å². The number of thioether (sulfide) groups is 1. The van der Waals surface area contributed by atoms with Crippen LogP contribution < -0.4 is 5.73 Å². The molecule has 0 aliphatic carbocycles. The molecular formula is C17H14ClN5S. The van der Waals surface area contributed by atoms with Gasteiger partial charge in [0.05, 0.1) is 22.3 Å². The average molecular weight is 356 g/mol. The molecular weight excluding hydrogens is 342 g/mol. The van der Waals surface area contributed by atoms with Crippen LogP contribution in [0, 0.1) is 0 Å². The van der Waals surface area contributed by atoms with E-state index in [1.807, 2.05) is 54.1 Å². The summed E-state index contributed by atoms with van der Waals surface area (Å²) in [6, 6.07) is 13.5. The Labute approximate surface area is 147 Å². The van der Waals surface area contributed by atoms with Gasteiger partial charge in [-0.25, -0.2) is 15.0 Å². The number of para-hydroxylation sites is 1. The van der Waals surface area contributed by atoms with Gasteiger partial charge in [-0.1, -0.05) is 35.5 Å². The number of nitrogen functional groups attached to an aromatic ring is 1. The third kappa shape index (κ3) is 2.68. The number of nitrogens with zero attached hydrogens (tertiary/aromatic N) is 4. The Morgan fingerprint density at radius 3 is 2.79 bits per heavy atom. The fourth-order valence-electron chi connectivity index (χ4n) is 2.62. The van der Waals surface area contributed by atoms with Crippen molar-refractivity contribution in [3.8, 4) is 0 Å². The maximum absolute atomic E-state index is 6.04. The van der Waals surface area contributed by atoms with Gasteiger partial charge in [-0.15, -0.1) is 0 Å². The summed E-state index contributed by atoms with van der Waals surface area (Å²) in [5.41, 5.74) is 8.82. The standard InChI is InChI=1S/C17H14ClN5S/c1-23-14-7-6-10(18)8-13(14)21-17(23)24-9-15-20-12-5-3-2-4-11(12)16(19)22-15/h2-8H,9H2,1H3,(H2,19,20,22).